The Morgan fingerprint density at radius 2 is 1.65 bits per heavy atom. The molecule has 1 nitrogen and oxygen atoms in total. The normalized spacial score (nSPS) is 10.7. The molecule has 98 valence electrons. The lowest BCUT2D eigenvalue weighted by atomic mass is 9.97. The third-order valence-corrected chi connectivity index (χ3v) is 3.94. The molecule has 0 atom stereocenters. The molecule has 0 bridgehead atoms. The largest absolute Gasteiger partial charge is 0.289 e. The van der Waals surface area contributed by atoms with Crippen molar-refractivity contribution in [1.82, 2.24) is 0 Å². The molecular formula is C18H13BrO. The second kappa shape index (κ2) is 5.22. The van der Waals surface area contributed by atoms with Gasteiger partial charge in [0.05, 0.1) is 0 Å². The highest BCUT2D eigenvalue weighted by atomic mass is 79.9. The first-order valence-corrected chi connectivity index (χ1v) is 7.24. The number of benzene rings is 3. The van der Waals surface area contributed by atoms with Crippen LogP contribution in [0.25, 0.3) is 10.8 Å². The SMILES string of the molecule is Cc1cc(Br)ccc1C(=O)c1ccc2ccccc2c1. The Bertz CT molecular complexity index is 805. The number of aryl methyl sites for hydroxylation is 1. The molecule has 0 saturated heterocycles. The Labute approximate surface area is 126 Å². The Morgan fingerprint density at radius 3 is 2.40 bits per heavy atom. The van der Waals surface area contributed by atoms with Crippen molar-refractivity contribution in [3.63, 3.8) is 0 Å². The second-order valence-corrected chi connectivity index (χ2v) is 5.77. The summed E-state index contributed by atoms with van der Waals surface area (Å²) in [6.45, 7) is 1.96. The van der Waals surface area contributed by atoms with Gasteiger partial charge in [-0.3, -0.25) is 4.79 Å². The van der Waals surface area contributed by atoms with Crippen LogP contribution in [0.2, 0.25) is 0 Å². The molecule has 0 aliphatic heterocycles. The van der Waals surface area contributed by atoms with E-state index in [0.29, 0.717) is 0 Å². The van der Waals surface area contributed by atoms with E-state index in [1.807, 2.05) is 61.5 Å². The van der Waals surface area contributed by atoms with Gasteiger partial charge in [-0.25, -0.2) is 0 Å². The first-order chi connectivity index (χ1) is 9.65. The van der Waals surface area contributed by atoms with E-state index in [-0.39, 0.29) is 5.78 Å². The molecule has 2 heteroatoms. The standard InChI is InChI=1S/C18H13BrO/c1-12-10-16(19)8-9-17(12)18(20)15-7-6-13-4-2-3-5-14(13)11-15/h2-11H,1H3. The lowest BCUT2D eigenvalue weighted by Crippen LogP contribution is -2.03. The molecule has 0 aliphatic carbocycles. The van der Waals surface area contributed by atoms with E-state index in [1.54, 1.807) is 0 Å². The van der Waals surface area contributed by atoms with Crippen molar-refractivity contribution in [1.29, 1.82) is 0 Å². The summed E-state index contributed by atoms with van der Waals surface area (Å²) in [5.74, 6) is 0.0701. The van der Waals surface area contributed by atoms with Crippen molar-refractivity contribution in [2.24, 2.45) is 0 Å². The van der Waals surface area contributed by atoms with Crippen LogP contribution in [0, 0.1) is 6.92 Å². The van der Waals surface area contributed by atoms with E-state index in [4.69, 9.17) is 0 Å². The number of carbonyl (C=O) groups excluding carboxylic acids is 1. The van der Waals surface area contributed by atoms with E-state index in [1.165, 1.54) is 0 Å². The molecule has 0 aliphatic rings. The maximum atomic E-state index is 12.6. The summed E-state index contributed by atoms with van der Waals surface area (Å²) < 4.78 is 0.991. The van der Waals surface area contributed by atoms with Crippen LogP contribution in [0.5, 0.6) is 0 Å². The molecule has 0 spiro atoms. The third kappa shape index (κ3) is 2.39. The summed E-state index contributed by atoms with van der Waals surface area (Å²) >= 11 is 3.42. The van der Waals surface area contributed by atoms with Crippen molar-refractivity contribution in [3.8, 4) is 0 Å². The zero-order valence-electron chi connectivity index (χ0n) is 11.1. The van der Waals surface area contributed by atoms with E-state index in [9.17, 15) is 4.79 Å². The molecule has 3 aromatic rings. The van der Waals surface area contributed by atoms with Gasteiger partial charge < -0.3 is 0 Å². The van der Waals surface area contributed by atoms with E-state index in [0.717, 1.165) is 31.9 Å². The predicted molar refractivity (Wildman–Crippen MR) is 86.3 cm³/mol. The van der Waals surface area contributed by atoms with Gasteiger partial charge in [0.15, 0.2) is 5.78 Å². The molecule has 3 aromatic carbocycles. The molecule has 0 saturated carbocycles. The van der Waals surface area contributed by atoms with Gasteiger partial charge in [0, 0.05) is 15.6 Å². The fourth-order valence-electron chi connectivity index (χ4n) is 2.37. The summed E-state index contributed by atoms with van der Waals surface area (Å²) in [7, 11) is 0. The maximum absolute atomic E-state index is 12.6. The fourth-order valence-corrected chi connectivity index (χ4v) is 2.84. The van der Waals surface area contributed by atoms with Gasteiger partial charge in [0.25, 0.3) is 0 Å². The first kappa shape index (κ1) is 13.1. The van der Waals surface area contributed by atoms with Gasteiger partial charge >= 0.3 is 0 Å². The van der Waals surface area contributed by atoms with Crippen LogP contribution >= 0.6 is 15.9 Å². The average molecular weight is 325 g/mol. The van der Waals surface area contributed by atoms with Crippen LogP contribution in [-0.2, 0) is 0 Å². The Morgan fingerprint density at radius 1 is 0.900 bits per heavy atom. The molecular weight excluding hydrogens is 312 g/mol. The predicted octanol–water partition coefficient (Wildman–Crippen LogP) is 5.14. The lowest BCUT2D eigenvalue weighted by Gasteiger charge is -2.07. The van der Waals surface area contributed by atoms with E-state index < -0.39 is 0 Å². The molecule has 0 heterocycles. The Hall–Kier alpha value is -1.93. The summed E-state index contributed by atoms with van der Waals surface area (Å²) in [5, 5.41) is 2.24. The number of halogens is 1. The topological polar surface area (TPSA) is 17.1 Å². The molecule has 0 aromatic heterocycles. The molecule has 0 N–H and O–H groups in total. The minimum atomic E-state index is 0.0701. The van der Waals surface area contributed by atoms with E-state index >= 15 is 0 Å². The van der Waals surface area contributed by atoms with Gasteiger partial charge in [-0.1, -0.05) is 52.3 Å². The Kier molecular flexibility index (Phi) is 3.41. The second-order valence-electron chi connectivity index (χ2n) is 4.85. The lowest BCUT2D eigenvalue weighted by molar-refractivity contribution is 0.103. The summed E-state index contributed by atoms with van der Waals surface area (Å²) in [6.07, 6.45) is 0. The highest BCUT2D eigenvalue weighted by Crippen LogP contribution is 2.21. The molecule has 20 heavy (non-hydrogen) atoms. The number of hydrogen-bond acceptors (Lipinski definition) is 1. The molecule has 0 amide bonds. The number of fused-ring (bicyclic) bond motifs is 1. The zero-order chi connectivity index (χ0) is 14.1. The smallest absolute Gasteiger partial charge is 0.193 e. The number of hydrogen-bond donors (Lipinski definition) is 0. The third-order valence-electron chi connectivity index (χ3n) is 3.44. The van der Waals surface area contributed by atoms with Crippen LogP contribution in [0.4, 0.5) is 0 Å². The highest BCUT2D eigenvalue weighted by Gasteiger charge is 2.12. The zero-order valence-corrected chi connectivity index (χ0v) is 12.6. The summed E-state index contributed by atoms with van der Waals surface area (Å²) in [6, 6.07) is 19.7. The van der Waals surface area contributed by atoms with Gasteiger partial charge in [0.2, 0.25) is 0 Å². The van der Waals surface area contributed by atoms with Crippen LogP contribution < -0.4 is 0 Å². The highest BCUT2D eigenvalue weighted by molar-refractivity contribution is 9.10. The quantitative estimate of drug-likeness (QED) is 0.596. The maximum Gasteiger partial charge on any atom is 0.193 e. The van der Waals surface area contributed by atoms with Crippen LogP contribution in [0.3, 0.4) is 0 Å². The van der Waals surface area contributed by atoms with Gasteiger partial charge in [-0.15, -0.1) is 0 Å². The molecule has 0 unspecified atom stereocenters. The monoisotopic (exact) mass is 324 g/mol. The summed E-state index contributed by atoms with van der Waals surface area (Å²) in [5.41, 5.74) is 2.47. The van der Waals surface area contributed by atoms with Crippen LogP contribution in [-0.4, -0.2) is 5.78 Å². The molecule has 0 fully saturated rings. The number of rotatable bonds is 2. The fraction of sp³-hybridized carbons (Fsp3) is 0.0556. The summed E-state index contributed by atoms with van der Waals surface area (Å²) in [4.78, 5) is 12.6. The molecule has 3 rings (SSSR count). The number of ketones is 1. The van der Waals surface area contributed by atoms with Crippen molar-refractivity contribution < 1.29 is 4.79 Å². The minimum Gasteiger partial charge on any atom is -0.289 e. The van der Waals surface area contributed by atoms with Crippen LogP contribution in [0.1, 0.15) is 21.5 Å². The van der Waals surface area contributed by atoms with Crippen molar-refractivity contribution in [2.45, 2.75) is 6.92 Å². The van der Waals surface area contributed by atoms with Crippen molar-refractivity contribution in [3.05, 3.63) is 81.8 Å². The number of carbonyl (C=O) groups is 1. The molecule has 0 radical (unpaired) electrons. The average Bonchev–Trinajstić information content (AvgIpc) is 2.46. The van der Waals surface area contributed by atoms with Gasteiger partial charge in [0.1, 0.15) is 0 Å². The Balaban J connectivity index is 2.08. The van der Waals surface area contributed by atoms with Gasteiger partial charge in [-0.2, -0.15) is 0 Å². The van der Waals surface area contributed by atoms with Crippen LogP contribution in [0.15, 0.2) is 65.1 Å². The first-order valence-electron chi connectivity index (χ1n) is 6.45. The minimum absolute atomic E-state index is 0.0701. The van der Waals surface area contributed by atoms with Gasteiger partial charge in [-0.05, 0) is 47.5 Å². The van der Waals surface area contributed by atoms with E-state index in [2.05, 4.69) is 22.0 Å². The van der Waals surface area contributed by atoms with Crippen molar-refractivity contribution >= 4 is 32.5 Å². The van der Waals surface area contributed by atoms with Crippen molar-refractivity contribution in [2.75, 3.05) is 0 Å².